The molecule has 0 nitrogen and oxygen atoms in total. The van der Waals surface area contributed by atoms with Gasteiger partial charge in [-0.05, 0) is 0 Å². The maximum absolute atomic E-state index is 1.77. The molecule has 2 fully saturated rings. The third kappa shape index (κ3) is 3.94. The van der Waals surface area contributed by atoms with Gasteiger partial charge in [-0.25, -0.2) is 0 Å². The zero-order valence-corrected chi connectivity index (χ0v) is 13.3. The Morgan fingerprint density at radius 3 is 0.933 bits per heavy atom. The molecular formula is C14H28Sn. The molecule has 2 aliphatic rings. The van der Waals surface area contributed by atoms with Gasteiger partial charge < -0.3 is 0 Å². The fourth-order valence-corrected chi connectivity index (χ4v) is 19.5. The van der Waals surface area contributed by atoms with E-state index in [1.165, 1.54) is 0 Å². The Labute approximate surface area is 100 Å². The molecule has 0 amide bonds. The van der Waals surface area contributed by atoms with Crippen molar-refractivity contribution in [3.05, 3.63) is 0 Å². The minimum absolute atomic E-state index is 1.52. The molecule has 0 aliphatic carbocycles. The zero-order valence-electron chi connectivity index (χ0n) is 10.4. The molecule has 1 heteroatoms. The molecule has 0 radical (unpaired) electrons. The Morgan fingerprint density at radius 2 is 0.600 bits per heavy atom. The van der Waals surface area contributed by atoms with E-state index in [1.54, 1.807) is 82.0 Å². The van der Waals surface area contributed by atoms with E-state index in [-0.39, 0.29) is 0 Å². The monoisotopic (exact) mass is 316 g/mol. The zero-order chi connectivity index (χ0) is 10.4. The summed E-state index contributed by atoms with van der Waals surface area (Å²) in [5, 5.41) is 0. The van der Waals surface area contributed by atoms with Crippen molar-refractivity contribution in [1.29, 1.82) is 0 Å². The van der Waals surface area contributed by atoms with Crippen molar-refractivity contribution in [2.24, 2.45) is 0 Å². The van der Waals surface area contributed by atoms with Crippen LogP contribution in [0.2, 0.25) is 17.7 Å². The molecule has 0 unspecified atom stereocenters. The third-order valence-corrected chi connectivity index (χ3v) is 21.0. The van der Waals surface area contributed by atoms with E-state index < -0.39 is 18.4 Å². The summed E-state index contributed by atoms with van der Waals surface area (Å²) in [4.78, 5) is 0. The van der Waals surface area contributed by atoms with Gasteiger partial charge >= 0.3 is 100 Å². The fraction of sp³-hybridized carbons (Fsp3) is 1.00. The summed E-state index contributed by atoms with van der Waals surface area (Å²) in [6.45, 7) is 0. The summed E-state index contributed by atoms with van der Waals surface area (Å²) in [5.41, 5.74) is 0. The van der Waals surface area contributed by atoms with Crippen molar-refractivity contribution >= 4 is 18.4 Å². The van der Waals surface area contributed by atoms with Gasteiger partial charge in [0.1, 0.15) is 0 Å². The van der Waals surface area contributed by atoms with Gasteiger partial charge in [0.25, 0.3) is 0 Å². The number of hydrogen-bond donors (Lipinski definition) is 0. The average Bonchev–Trinajstić information content (AvgIpc) is 2.15. The summed E-state index contributed by atoms with van der Waals surface area (Å²) >= 11 is -1.52. The summed E-state index contributed by atoms with van der Waals surface area (Å²) < 4.78 is 7.09. The van der Waals surface area contributed by atoms with Crippen LogP contribution in [0.15, 0.2) is 0 Å². The van der Waals surface area contributed by atoms with Crippen LogP contribution in [0.4, 0.5) is 0 Å². The first kappa shape index (κ1) is 12.3. The van der Waals surface area contributed by atoms with Crippen molar-refractivity contribution in [3.63, 3.8) is 0 Å². The normalized spacial score (nSPS) is 28.8. The van der Waals surface area contributed by atoms with E-state index in [0.29, 0.717) is 0 Å². The van der Waals surface area contributed by atoms with Gasteiger partial charge in [0.05, 0.1) is 0 Å². The van der Waals surface area contributed by atoms with Crippen LogP contribution in [0.3, 0.4) is 0 Å². The molecule has 0 bridgehead atoms. The van der Waals surface area contributed by atoms with Crippen LogP contribution in [-0.4, -0.2) is 18.4 Å². The van der Waals surface area contributed by atoms with Crippen LogP contribution in [0.1, 0.15) is 64.2 Å². The summed E-state index contributed by atoms with van der Waals surface area (Å²) in [5.74, 6) is 0. The quantitative estimate of drug-likeness (QED) is 0.528. The van der Waals surface area contributed by atoms with E-state index in [9.17, 15) is 0 Å². The van der Waals surface area contributed by atoms with Crippen molar-refractivity contribution in [2.45, 2.75) is 82.0 Å². The average molecular weight is 315 g/mol. The Bertz CT molecular complexity index is 137. The molecule has 2 rings (SSSR count). The van der Waals surface area contributed by atoms with Gasteiger partial charge in [0.2, 0.25) is 0 Å². The molecule has 0 atom stereocenters. The Balaban J connectivity index is 1.92. The minimum atomic E-state index is -1.52. The van der Waals surface area contributed by atoms with E-state index >= 15 is 0 Å². The molecule has 2 aliphatic heterocycles. The molecule has 0 aromatic rings. The Kier molecular flexibility index (Phi) is 5.32. The molecule has 2 saturated heterocycles. The molecular weight excluding hydrogens is 287 g/mol. The second-order valence-corrected chi connectivity index (χ2v) is 20.3. The molecule has 0 aromatic heterocycles. The summed E-state index contributed by atoms with van der Waals surface area (Å²) in [6, 6.07) is 0. The van der Waals surface area contributed by atoms with E-state index in [1.807, 2.05) is 0 Å². The van der Waals surface area contributed by atoms with Crippen LogP contribution in [0.5, 0.6) is 0 Å². The van der Waals surface area contributed by atoms with Gasteiger partial charge in [-0.2, -0.15) is 0 Å². The van der Waals surface area contributed by atoms with E-state index in [4.69, 9.17) is 0 Å². The van der Waals surface area contributed by atoms with Crippen molar-refractivity contribution in [3.8, 4) is 0 Å². The maximum atomic E-state index is 1.77. The van der Waals surface area contributed by atoms with Crippen LogP contribution in [-0.2, 0) is 0 Å². The SMILES string of the molecule is C1CC[CH2][Sn]2([CH2]CC1)[CH2]CCCCC[CH2]2. The van der Waals surface area contributed by atoms with Crippen LogP contribution < -0.4 is 0 Å². The first-order valence-electron chi connectivity index (χ1n) is 7.41. The van der Waals surface area contributed by atoms with Crippen molar-refractivity contribution in [2.75, 3.05) is 0 Å². The molecule has 88 valence electrons. The van der Waals surface area contributed by atoms with Crippen LogP contribution in [0, 0.1) is 0 Å². The molecule has 2 heterocycles. The molecule has 0 N–H and O–H groups in total. The van der Waals surface area contributed by atoms with Gasteiger partial charge in [0, 0.05) is 0 Å². The van der Waals surface area contributed by atoms with E-state index in [0.717, 1.165) is 0 Å². The predicted octanol–water partition coefficient (Wildman–Crippen LogP) is 5.36. The van der Waals surface area contributed by atoms with Crippen molar-refractivity contribution < 1.29 is 0 Å². The molecule has 0 aromatic carbocycles. The Hall–Kier alpha value is 0.799. The van der Waals surface area contributed by atoms with Crippen LogP contribution >= 0.6 is 0 Å². The fourth-order valence-electron chi connectivity index (χ4n) is 3.81. The van der Waals surface area contributed by atoms with Gasteiger partial charge in [-0.3, -0.25) is 0 Å². The predicted molar refractivity (Wildman–Crippen MR) is 71.2 cm³/mol. The van der Waals surface area contributed by atoms with Crippen LogP contribution in [0.25, 0.3) is 0 Å². The van der Waals surface area contributed by atoms with Gasteiger partial charge in [-0.1, -0.05) is 0 Å². The molecule has 1 spiro atoms. The van der Waals surface area contributed by atoms with Gasteiger partial charge in [0.15, 0.2) is 0 Å². The summed E-state index contributed by atoms with van der Waals surface area (Å²) in [7, 11) is 0. The van der Waals surface area contributed by atoms with Gasteiger partial charge in [-0.15, -0.1) is 0 Å². The molecule has 15 heavy (non-hydrogen) atoms. The topological polar surface area (TPSA) is 0 Å². The first-order valence-corrected chi connectivity index (χ1v) is 15.5. The number of hydrogen-bond acceptors (Lipinski definition) is 0. The standard InChI is InChI=1S/2C7H14.Sn/c2*1-3-5-7-6-4-2;/h2*1-7H2;. The second-order valence-electron chi connectivity index (χ2n) is 6.04. The number of rotatable bonds is 0. The Morgan fingerprint density at radius 1 is 0.333 bits per heavy atom. The van der Waals surface area contributed by atoms with Crippen molar-refractivity contribution in [1.82, 2.24) is 0 Å². The summed E-state index contributed by atoms with van der Waals surface area (Å²) in [6.07, 6.45) is 15.8. The van der Waals surface area contributed by atoms with E-state index in [2.05, 4.69) is 0 Å². The first-order chi connectivity index (χ1) is 7.41. The third-order valence-electron chi connectivity index (χ3n) is 4.83. The second kappa shape index (κ2) is 6.51. The molecule has 0 saturated carbocycles.